The fourth-order valence-electron chi connectivity index (χ4n) is 2.75. The van der Waals surface area contributed by atoms with Crippen LogP contribution >= 0.6 is 15.9 Å². The number of amides is 2. The Balaban J connectivity index is 2.21. The molecule has 0 saturated heterocycles. The lowest BCUT2D eigenvalue weighted by Gasteiger charge is -2.30. The molecule has 0 aliphatic heterocycles. The molecule has 2 amide bonds. The van der Waals surface area contributed by atoms with Crippen LogP contribution in [0.2, 0.25) is 0 Å². The molecule has 2 aromatic carbocycles. The van der Waals surface area contributed by atoms with Gasteiger partial charge < -0.3 is 10.2 Å². The summed E-state index contributed by atoms with van der Waals surface area (Å²) in [5.41, 5.74) is 1.92. The molecule has 0 heterocycles. The predicted octanol–water partition coefficient (Wildman–Crippen LogP) is 4.32. The molecule has 144 valence electrons. The third-order valence-electron chi connectivity index (χ3n) is 4.61. The largest absolute Gasteiger partial charge is 0.352 e. The van der Waals surface area contributed by atoms with E-state index in [2.05, 4.69) is 21.2 Å². The second kappa shape index (κ2) is 10.3. The molecular formula is C22H27BrN2O2. The van der Waals surface area contributed by atoms with Gasteiger partial charge in [0.15, 0.2) is 0 Å². The molecule has 0 radical (unpaired) electrons. The van der Waals surface area contributed by atoms with E-state index in [1.807, 2.05) is 68.4 Å². The molecule has 0 aliphatic rings. The predicted molar refractivity (Wildman–Crippen MR) is 112 cm³/mol. The fraction of sp³-hybridized carbons (Fsp3) is 0.364. The van der Waals surface area contributed by atoms with E-state index >= 15 is 0 Å². The second-order valence-corrected chi connectivity index (χ2v) is 7.72. The molecule has 0 unspecified atom stereocenters. The summed E-state index contributed by atoms with van der Waals surface area (Å²) in [5.74, 6) is -0.186. The molecule has 0 bridgehead atoms. The van der Waals surface area contributed by atoms with E-state index in [9.17, 15) is 9.59 Å². The van der Waals surface area contributed by atoms with Crippen molar-refractivity contribution >= 4 is 27.7 Å². The maximum absolute atomic E-state index is 13.0. The zero-order chi connectivity index (χ0) is 19.8. The van der Waals surface area contributed by atoms with Crippen molar-refractivity contribution < 1.29 is 9.59 Å². The lowest BCUT2D eigenvalue weighted by molar-refractivity contribution is -0.140. The Morgan fingerprint density at radius 1 is 1.04 bits per heavy atom. The SMILES string of the molecule is CC[C@@H](C)NC(=O)[C@@H](C)N(Cc1cccc(Br)c1)C(=O)Cc1ccccc1. The van der Waals surface area contributed by atoms with Gasteiger partial charge in [0.25, 0.3) is 0 Å². The number of hydrogen-bond acceptors (Lipinski definition) is 2. The van der Waals surface area contributed by atoms with Crippen molar-refractivity contribution in [2.45, 2.75) is 52.2 Å². The molecule has 1 N–H and O–H groups in total. The third kappa shape index (κ3) is 6.51. The Morgan fingerprint density at radius 2 is 1.70 bits per heavy atom. The van der Waals surface area contributed by atoms with Crippen LogP contribution in [0.15, 0.2) is 59.1 Å². The molecule has 0 saturated carbocycles. The summed E-state index contributed by atoms with van der Waals surface area (Å²) in [6.45, 7) is 6.17. The van der Waals surface area contributed by atoms with Crippen LogP contribution in [-0.2, 0) is 22.6 Å². The molecule has 0 aromatic heterocycles. The average Bonchev–Trinajstić information content (AvgIpc) is 2.66. The summed E-state index contributed by atoms with van der Waals surface area (Å²) in [6.07, 6.45) is 1.12. The first-order valence-electron chi connectivity index (χ1n) is 9.29. The molecule has 2 rings (SSSR count). The zero-order valence-corrected chi connectivity index (χ0v) is 17.7. The number of carbonyl (C=O) groups excluding carboxylic acids is 2. The Labute approximate surface area is 170 Å². The number of halogens is 1. The van der Waals surface area contributed by atoms with E-state index in [1.54, 1.807) is 11.8 Å². The molecular weight excluding hydrogens is 404 g/mol. The van der Waals surface area contributed by atoms with Crippen LogP contribution in [0.25, 0.3) is 0 Å². The molecule has 2 aromatic rings. The molecule has 0 fully saturated rings. The first-order chi connectivity index (χ1) is 12.9. The quantitative estimate of drug-likeness (QED) is 0.677. The van der Waals surface area contributed by atoms with Gasteiger partial charge in [-0.25, -0.2) is 0 Å². The van der Waals surface area contributed by atoms with Gasteiger partial charge in [-0.1, -0.05) is 65.3 Å². The van der Waals surface area contributed by atoms with Crippen LogP contribution in [0.3, 0.4) is 0 Å². The fourth-order valence-corrected chi connectivity index (χ4v) is 3.20. The van der Waals surface area contributed by atoms with Crippen molar-refractivity contribution in [3.8, 4) is 0 Å². The first kappa shape index (κ1) is 21.2. The summed E-state index contributed by atoms with van der Waals surface area (Å²) >= 11 is 3.47. The van der Waals surface area contributed by atoms with Crippen LogP contribution in [-0.4, -0.2) is 28.8 Å². The van der Waals surface area contributed by atoms with E-state index in [1.165, 1.54) is 0 Å². The monoisotopic (exact) mass is 430 g/mol. The van der Waals surface area contributed by atoms with Crippen molar-refractivity contribution in [3.63, 3.8) is 0 Å². The number of nitrogens with one attached hydrogen (secondary N) is 1. The number of hydrogen-bond donors (Lipinski definition) is 1. The topological polar surface area (TPSA) is 49.4 Å². The maximum atomic E-state index is 13.0. The number of rotatable bonds is 8. The number of carbonyl (C=O) groups is 2. The molecule has 27 heavy (non-hydrogen) atoms. The Kier molecular flexibility index (Phi) is 8.04. The van der Waals surface area contributed by atoms with Gasteiger partial charge in [-0.05, 0) is 43.5 Å². The van der Waals surface area contributed by atoms with Gasteiger partial charge in [0.1, 0.15) is 6.04 Å². The number of nitrogens with zero attached hydrogens (tertiary/aromatic N) is 1. The van der Waals surface area contributed by atoms with E-state index in [4.69, 9.17) is 0 Å². The van der Waals surface area contributed by atoms with Crippen LogP contribution in [0, 0.1) is 0 Å². The van der Waals surface area contributed by atoms with Gasteiger partial charge in [-0.2, -0.15) is 0 Å². The maximum Gasteiger partial charge on any atom is 0.242 e. The van der Waals surface area contributed by atoms with Crippen LogP contribution in [0.5, 0.6) is 0 Å². The molecule has 0 aliphatic carbocycles. The van der Waals surface area contributed by atoms with Crippen LogP contribution in [0.1, 0.15) is 38.3 Å². The van der Waals surface area contributed by atoms with E-state index < -0.39 is 6.04 Å². The van der Waals surface area contributed by atoms with Gasteiger partial charge in [0.2, 0.25) is 11.8 Å². The minimum atomic E-state index is -0.547. The van der Waals surface area contributed by atoms with Crippen molar-refractivity contribution in [1.29, 1.82) is 0 Å². The van der Waals surface area contributed by atoms with Crippen molar-refractivity contribution in [2.75, 3.05) is 0 Å². The van der Waals surface area contributed by atoms with Gasteiger partial charge in [-0.3, -0.25) is 9.59 Å². The van der Waals surface area contributed by atoms with Gasteiger partial charge in [0.05, 0.1) is 6.42 Å². The minimum absolute atomic E-state index is 0.0621. The Bertz CT molecular complexity index is 764. The van der Waals surface area contributed by atoms with Gasteiger partial charge in [0, 0.05) is 17.1 Å². The smallest absolute Gasteiger partial charge is 0.242 e. The zero-order valence-electron chi connectivity index (χ0n) is 16.1. The first-order valence-corrected chi connectivity index (χ1v) is 10.1. The molecule has 4 nitrogen and oxygen atoms in total. The van der Waals surface area contributed by atoms with Gasteiger partial charge >= 0.3 is 0 Å². The van der Waals surface area contributed by atoms with Crippen molar-refractivity contribution in [2.24, 2.45) is 0 Å². The van der Waals surface area contributed by atoms with E-state index in [0.717, 1.165) is 22.0 Å². The normalized spacial score (nSPS) is 12.9. The van der Waals surface area contributed by atoms with Crippen LogP contribution in [0.4, 0.5) is 0 Å². The number of benzene rings is 2. The lowest BCUT2D eigenvalue weighted by Crippen LogP contribution is -2.49. The van der Waals surface area contributed by atoms with Gasteiger partial charge in [-0.15, -0.1) is 0 Å². The highest BCUT2D eigenvalue weighted by molar-refractivity contribution is 9.10. The lowest BCUT2D eigenvalue weighted by atomic mass is 10.1. The van der Waals surface area contributed by atoms with Crippen LogP contribution < -0.4 is 5.32 Å². The van der Waals surface area contributed by atoms with Crippen molar-refractivity contribution in [1.82, 2.24) is 10.2 Å². The Morgan fingerprint density at radius 3 is 2.33 bits per heavy atom. The molecule has 0 spiro atoms. The summed E-state index contributed by atoms with van der Waals surface area (Å²) in [4.78, 5) is 27.4. The Hall–Kier alpha value is -2.14. The highest BCUT2D eigenvalue weighted by Gasteiger charge is 2.26. The van der Waals surface area contributed by atoms with Crippen molar-refractivity contribution in [3.05, 3.63) is 70.2 Å². The highest BCUT2D eigenvalue weighted by Crippen LogP contribution is 2.16. The third-order valence-corrected chi connectivity index (χ3v) is 5.10. The average molecular weight is 431 g/mol. The summed E-state index contributed by atoms with van der Waals surface area (Å²) < 4.78 is 0.951. The summed E-state index contributed by atoms with van der Waals surface area (Å²) in [6, 6.07) is 17.0. The summed E-state index contributed by atoms with van der Waals surface area (Å²) in [7, 11) is 0. The standard InChI is InChI=1S/C22H27BrN2O2/c1-4-16(2)24-22(27)17(3)25(15-19-11-8-12-20(23)13-19)21(26)14-18-9-6-5-7-10-18/h5-13,16-17H,4,14-15H2,1-3H3,(H,24,27)/t16-,17-/m1/s1. The van der Waals surface area contributed by atoms with E-state index in [-0.39, 0.29) is 24.3 Å². The molecule has 2 atom stereocenters. The minimum Gasteiger partial charge on any atom is -0.352 e. The highest BCUT2D eigenvalue weighted by atomic mass is 79.9. The second-order valence-electron chi connectivity index (χ2n) is 6.81. The summed E-state index contributed by atoms with van der Waals surface area (Å²) in [5, 5.41) is 2.98. The van der Waals surface area contributed by atoms with E-state index in [0.29, 0.717) is 6.54 Å². The molecule has 5 heteroatoms.